The summed E-state index contributed by atoms with van der Waals surface area (Å²) in [6.45, 7) is 6.25. The predicted molar refractivity (Wildman–Crippen MR) is 76.3 cm³/mol. The SMILES string of the molecule is CCC(CC)C1C(=O)Nc2cc3[nH]c(C)nc3cc21. The second kappa shape index (κ2) is 4.37. The third-order valence-corrected chi connectivity index (χ3v) is 4.17. The van der Waals surface area contributed by atoms with Crippen molar-refractivity contribution in [2.45, 2.75) is 39.5 Å². The Kier molecular flexibility index (Phi) is 2.81. The molecule has 2 aromatic rings. The van der Waals surface area contributed by atoms with Crippen LogP contribution in [0.4, 0.5) is 5.69 Å². The van der Waals surface area contributed by atoms with Crippen molar-refractivity contribution in [2.24, 2.45) is 5.92 Å². The van der Waals surface area contributed by atoms with Crippen LogP contribution in [0.1, 0.15) is 44.0 Å². The van der Waals surface area contributed by atoms with Crippen LogP contribution in [0.15, 0.2) is 12.1 Å². The minimum absolute atomic E-state index is 0.0218. The van der Waals surface area contributed by atoms with Gasteiger partial charge in [-0.25, -0.2) is 4.98 Å². The number of carbonyl (C=O) groups is 1. The fraction of sp³-hybridized carbons (Fsp3) is 0.467. The van der Waals surface area contributed by atoms with E-state index in [0.29, 0.717) is 5.92 Å². The van der Waals surface area contributed by atoms with Crippen molar-refractivity contribution in [2.75, 3.05) is 5.32 Å². The quantitative estimate of drug-likeness (QED) is 0.886. The van der Waals surface area contributed by atoms with E-state index in [9.17, 15) is 4.79 Å². The number of benzene rings is 1. The van der Waals surface area contributed by atoms with Gasteiger partial charge in [0.1, 0.15) is 5.82 Å². The van der Waals surface area contributed by atoms with Crippen LogP contribution in [0.3, 0.4) is 0 Å². The molecule has 4 heteroatoms. The van der Waals surface area contributed by atoms with Crippen LogP contribution in [-0.4, -0.2) is 15.9 Å². The van der Waals surface area contributed by atoms with Crippen molar-refractivity contribution in [3.8, 4) is 0 Å². The van der Waals surface area contributed by atoms with Crippen LogP contribution in [-0.2, 0) is 4.79 Å². The van der Waals surface area contributed by atoms with Crippen molar-refractivity contribution >= 4 is 22.6 Å². The number of aryl methyl sites for hydroxylation is 1. The second-order valence-corrected chi connectivity index (χ2v) is 5.32. The van der Waals surface area contributed by atoms with Gasteiger partial charge < -0.3 is 10.3 Å². The highest BCUT2D eigenvalue weighted by Gasteiger charge is 2.35. The van der Waals surface area contributed by atoms with Crippen LogP contribution in [0.5, 0.6) is 0 Å². The summed E-state index contributed by atoms with van der Waals surface area (Å²) in [5.41, 5.74) is 3.99. The molecular weight excluding hydrogens is 238 g/mol. The molecule has 0 saturated carbocycles. The molecule has 1 unspecified atom stereocenters. The smallest absolute Gasteiger partial charge is 0.232 e. The van der Waals surface area contributed by atoms with Gasteiger partial charge in [0.15, 0.2) is 0 Å². The summed E-state index contributed by atoms with van der Waals surface area (Å²) in [6, 6.07) is 4.07. The first kappa shape index (κ1) is 12.2. The lowest BCUT2D eigenvalue weighted by Crippen LogP contribution is -2.20. The monoisotopic (exact) mass is 257 g/mol. The van der Waals surface area contributed by atoms with Gasteiger partial charge in [-0.15, -0.1) is 0 Å². The fourth-order valence-electron chi connectivity index (χ4n) is 3.15. The number of carbonyl (C=O) groups excluding carboxylic acids is 1. The summed E-state index contributed by atoms with van der Waals surface area (Å²) in [5, 5.41) is 3.01. The summed E-state index contributed by atoms with van der Waals surface area (Å²) in [6.07, 6.45) is 2.04. The molecule has 3 rings (SSSR count). The molecule has 19 heavy (non-hydrogen) atoms. The molecule has 4 nitrogen and oxygen atoms in total. The van der Waals surface area contributed by atoms with E-state index in [1.54, 1.807) is 0 Å². The highest BCUT2D eigenvalue weighted by atomic mass is 16.2. The zero-order chi connectivity index (χ0) is 13.6. The van der Waals surface area contributed by atoms with E-state index in [1.165, 1.54) is 0 Å². The van der Waals surface area contributed by atoms with E-state index < -0.39 is 0 Å². The van der Waals surface area contributed by atoms with Gasteiger partial charge in [-0.2, -0.15) is 0 Å². The largest absolute Gasteiger partial charge is 0.342 e. The minimum Gasteiger partial charge on any atom is -0.342 e. The number of hydrogen-bond acceptors (Lipinski definition) is 2. The zero-order valence-corrected chi connectivity index (χ0v) is 11.6. The summed E-state index contributed by atoms with van der Waals surface area (Å²) in [4.78, 5) is 19.9. The topological polar surface area (TPSA) is 57.8 Å². The molecular formula is C15H19N3O. The average molecular weight is 257 g/mol. The molecule has 100 valence electrons. The third-order valence-electron chi connectivity index (χ3n) is 4.17. The van der Waals surface area contributed by atoms with Gasteiger partial charge >= 0.3 is 0 Å². The number of fused-ring (bicyclic) bond motifs is 2. The molecule has 1 aromatic heterocycles. The fourth-order valence-corrected chi connectivity index (χ4v) is 3.15. The lowest BCUT2D eigenvalue weighted by Gasteiger charge is -2.18. The van der Waals surface area contributed by atoms with Crippen molar-refractivity contribution in [3.05, 3.63) is 23.5 Å². The molecule has 0 spiro atoms. The number of anilines is 1. The molecule has 0 radical (unpaired) electrons. The first-order valence-electron chi connectivity index (χ1n) is 6.95. The number of amides is 1. The van der Waals surface area contributed by atoms with Crippen LogP contribution in [0.2, 0.25) is 0 Å². The first-order valence-corrected chi connectivity index (χ1v) is 6.95. The molecule has 1 aliphatic rings. The number of hydrogen-bond donors (Lipinski definition) is 2. The molecule has 0 bridgehead atoms. The van der Waals surface area contributed by atoms with Gasteiger partial charge in [-0.05, 0) is 30.5 Å². The van der Waals surface area contributed by atoms with Crippen molar-refractivity contribution in [1.29, 1.82) is 0 Å². The highest BCUT2D eigenvalue weighted by molar-refractivity contribution is 6.05. The number of aromatic amines is 1. The lowest BCUT2D eigenvalue weighted by atomic mass is 9.83. The molecule has 0 fully saturated rings. The van der Waals surface area contributed by atoms with E-state index in [2.05, 4.69) is 35.2 Å². The first-order chi connectivity index (χ1) is 9.13. The van der Waals surface area contributed by atoms with Crippen LogP contribution in [0, 0.1) is 12.8 Å². The normalized spacial score (nSPS) is 18.1. The second-order valence-electron chi connectivity index (χ2n) is 5.32. The van der Waals surface area contributed by atoms with Crippen molar-refractivity contribution < 1.29 is 4.79 Å². The number of nitrogens with one attached hydrogen (secondary N) is 2. The van der Waals surface area contributed by atoms with E-state index in [4.69, 9.17) is 0 Å². The standard InChI is InChI=1S/C15H19N3O/c1-4-9(5-2)14-10-6-12-13(17-8(3)16-12)7-11(10)18-15(14)19/h6-7,9,14H,4-5H2,1-3H3,(H,16,17)(H,18,19). The molecule has 1 aliphatic heterocycles. The maximum absolute atomic E-state index is 12.2. The Labute approximate surface area is 112 Å². The maximum atomic E-state index is 12.2. The van der Waals surface area contributed by atoms with Gasteiger partial charge in [0, 0.05) is 5.69 Å². The third kappa shape index (κ3) is 1.82. The maximum Gasteiger partial charge on any atom is 0.232 e. The molecule has 2 N–H and O–H groups in total. The van der Waals surface area contributed by atoms with Gasteiger partial charge in [-0.3, -0.25) is 4.79 Å². The number of rotatable bonds is 3. The number of imidazole rings is 1. The predicted octanol–water partition coefficient (Wildman–Crippen LogP) is 3.34. The lowest BCUT2D eigenvalue weighted by molar-refractivity contribution is -0.118. The summed E-state index contributed by atoms with van der Waals surface area (Å²) >= 11 is 0. The van der Waals surface area contributed by atoms with Gasteiger partial charge in [0.25, 0.3) is 0 Å². The molecule has 0 saturated heterocycles. The van der Waals surface area contributed by atoms with Gasteiger partial charge in [0.2, 0.25) is 5.91 Å². The van der Waals surface area contributed by atoms with E-state index in [1.807, 2.05) is 13.0 Å². The van der Waals surface area contributed by atoms with E-state index >= 15 is 0 Å². The Balaban J connectivity index is 2.13. The Morgan fingerprint density at radius 1 is 1.32 bits per heavy atom. The van der Waals surface area contributed by atoms with E-state index in [-0.39, 0.29) is 11.8 Å². The van der Waals surface area contributed by atoms with Crippen LogP contribution >= 0.6 is 0 Å². The summed E-state index contributed by atoms with van der Waals surface area (Å²) in [7, 11) is 0. The molecule has 1 atom stereocenters. The van der Waals surface area contributed by atoms with Crippen molar-refractivity contribution in [3.63, 3.8) is 0 Å². The Hall–Kier alpha value is -1.84. The highest BCUT2D eigenvalue weighted by Crippen LogP contribution is 2.41. The molecule has 2 heterocycles. The molecule has 1 amide bonds. The Morgan fingerprint density at radius 3 is 2.74 bits per heavy atom. The van der Waals surface area contributed by atoms with Crippen LogP contribution < -0.4 is 5.32 Å². The summed E-state index contributed by atoms with van der Waals surface area (Å²) < 4.78 is 0. The number of H-pyrrole nitrogens is 1. The average Bonchev–Trinajstić information content (AvgIpc) is 2.87. The van der Waals surface area contributed by atoms with Crippen molar-refractivity contribution in [1.82, 2.24) is 9.97 Å². The Morgan fingerprint density at radius 2 is 2.05 bits per heavy atom. The molecule has 1 aromatic carbocycles. The minimum atomic E-state index is -0.0218. The van der Waals surface area contributed by atoms with Gasteiger partial charge in [0.05, 0.1) is 17.0 Å². The number of aromatic nitrogens is 2. The number of nitrogens with zero attached hydrogens (tertiary/aromatic N) is 1. The van der Waals surface area contributed by atoms with Gasteiger partial charge in [-0.1, -0.05) is 26.7 Å². The zero-order valence-electron chi connectivity index (χ0n) is 11.6. The Bertz CT molecular complexity index is 640. The van der Waals surface area contributed by atoms with Crippen LogP contribution in [0.25, 0.3) is 11.0 Å². The molecule has 0 aliphatic carbocycles. The summed E-state index contributed by atoms with van der Waals surface area (Å²) in [5.74, 6) is 1.42. The van der Waals surface area contributed by atoms with E-state index in [0.717, 1.165) is 41.0 Å².